The van der Waals surface area contributed by atoms with Crippen LogP contribution in [0.3, 0.4) is 0 Å². The number of nitrogens with zero attached hydrogens (tertiary/aromatic N) is 4. The van der Waals surface area contributed by atoms with Crippen LogP contribution >= 0.6 is 0 Å². The molecule has 0 unspecified atom stereocenters. The van der Waals surface area contributed by atoms with Crippen LogP contribution in [-0.4, -0.2) is 94.8 Å². The number of aliphatic hydroxyl groups excluding tert-OH is 1. The monoisotopic (exact) mass is 580 g/mol. The minimum Gasteiger partial charge on any atom is -0.409 e. The summed E-state index contributed by atoms with van der Waals surface area (Å²) in [5.74, 6) is -1.67. The molecule has 5 atom stereocenters. The smallest absolute Gasteiger partial charge is 0.264 e. The molecule has 1 saturated heterocycles. The normalized spacial score (nSPS) is 22.4. The van der Waals surface area contributed by atoms with E-state index in [1.54, 1.807) is 18.7 Å². The molecule has 1 amide bonds. The minimum atomic E-state index is -3.99. The lowest BCUT2D eigenvalue weighted by Crippen LogP contribution is -2.60. The predicted octanol–water partition coefficient (Wildman–Crippen LogP) is 3.95. The van der Waals surface area contributed by atoms with E-state index in [4.69, 9.17) is 18.1 Å². The minimum absolute atomic E-state index is 0.106. The Hall–Kier alpha value is -1.25. The van der Waals surface area contributed by atoms with Crippen molar-refractivity contribution in [1.29, 1.82) is 0 Å². The standard InChI is InChI=1S/C24H48N4O8SSi/c1-12-28(13-2)23(30)19(26-27-25)21(36-38(15(3)4,16(5)6)17(7)8)22-20(33-24(9,10)34-22)18(14-29)35-37(11,31)32/h15-22,29H,12-14H2,1-11H3/t18-,19-,20-,21+,22-/m1/s1. The van der Waals surface area contributed by atoms with Crippen LogP contribution in [0.25, 0.3) is 10.4 Å². The Morgan fingerprint density at radius 2 is 1.55 bits per heavy atom. The molecule has 14 heteroatoms. The van der Waals surface area contributed by atoms with Gasteiger partial charge in [-0.15, -0.1) is 0 Å². The Morgan fingerprint density at radius 3 is 1.92 bits per heavy atom. The summed E-state index contributed by atoms with van der Waals surface area (Å²) in [4.78, 5) is 18.3. The summed E-state index contributed by atoms with van der Waals surface area (Å²) in [6.45, 7) is 19.5. The Kier molecular flexibility index (Phi) is 12.7. The lowest BCUT2D eigenvalue weighted by atomic mass is 9.97. The number of ether oxygens (including phenoxy) is 2. The zero-order valence-corrected chi connectivity index (χ0v) is 26.6. The third kappa shape index (κ3) is 8.13. The lowest BCUT2D eigenvalue weighted by molar-refractivity contribution is -0.162. The molecule has 0 saturated carbocycles. The van der Waals surface area contributed by atoms with Gasteiger partial charge in [-0.05, 0) is 49.8 Å². The summed E-state index contributed by atoms with van der Waals surface area (Å²) in [6, 6.07) is -1.33. The molecule has 1 heterocycles. The first-order valence-corrected chi connectivity index (χ1v) is 17.2. The molecule has 0 aliphatic carbocycles. The van der Waals surface area contributed by atoms with Gasteiger partial charge in [0.25, 0.3) is 10.1 Å². The third-order valence-electron chi connectivity index (χ3n) is 7.19. The molecule has 1 aliphatic heterocycles. The van der Waals surface area contributed by atoms with Gasteiger partial charge in [0.1, 0.15) is 24.4 Å². The van der Waals surface area contributed by atoms with Crippen molar-refractivity contribution < 1.29 is 36.4 Å². The molecule has 222 valence electrons. The molecule has 12 nitrogen and oxygen atoms in total. The Morgan fingerprint density at radius 1 is 1.08 bits per heavy atom. The van der Waals surface area contributed by atoms with Crippen molar-refractivity contribution in [3.05, 3.63) is 10.4 Å². The fourth-order valence-electron chi connectivity index (χ4n) is 5.76. The second-order valence-electron chi connectivity index (χ2n) is 11.1. The number of hydrogen-bond donors (Lipinski definition) is 1. The summed E-state index contributed by atoms with van der Waals surface area (Å²) in [6.07, 6.45) is -3.84. The first-order valence-electron chi connectivity index (χ1n) is 13.3. The van der Waals surface area contributed by atoms with E-state index in [9.17, 15) is 23.8 Å². The van der Waals surface area contributed by atoms with Crippen LogP contribution in [0.4, 0.5) is 0 Å². The van der Waals surface area contributed by atoms with E-state index in [0.717, 1.165) is 6.26 Å². The van der Waals surface area contributed by atoms with Crippen LogP contribution < -0.4 is 0 Å². The summed E-state index contributed by atoms with van der Waals surface area (Å²) in [5, 5.41) is 14.0. The molecule has 0 aromatic heterocycles. The number of azide groups is 1. The molecule has 0 spiro atoms. The van der Waals surface area contributed by atoms with Gasteiger partial charge in [-0.2, -0.15) is 8.42 Å². The third-order valence-corrected chi connectivity index (χ3v) is 13.9. The van der Waals surface area contributed by atoms with E-state index in [1.807, 2.05) is 13.8 Å². The highest BCUT2D eigenvalue weighted by Crippen LogP contribution is 2.46. The van der Waals surface area contributed by atoms with Gasteiger partial charge in [-0.3, -0.25) is 8.98 Å². The van der Waals surface area contributed by atoms with Gasteiger partial charge >= 0.3 is 0 Å². The van der Waals surface area contributed by atoms with E-state index < -0.39 is 67.2 Å². The maximum absolute atomic E-state index is 13.7. The van der Waals surface area contributed by atoms with Crippen LogP contribution in [0.1, 0.15) is 69.2 Å². The summed E-state index contributed by atoms with van der Waals surface area (Å²) in [5.41, 5.74) is 9.85. The zero-order valence-electron chi connectivity index (χ0n) is 24.7. The average molecular weight is 581 g/mol. The molecule has 0 aromatic carbocycles. The Bertz CT molecular complexity index is 914. The van der Waals surface area contributed by atoms with Gasteiger partial charge in [0.15, 0.2) is 5.79 Å². The molecule has 0 aromatic rings. The number of hydrogen-bond acceptors (Lipinski definition) is 9. The first-order chi connectivity index (χ1) is 17.4. The fraction of sp³-hybridized carbons (Fsp3) is 0.958. The summed E-state index contributed by atoms with van der Waals surface area (Å²) in [7, 11) is -6.72. The van der Waals surface area contributed by atoms with Gasteiger partial charge in [0, 0.05) is 18.0 Å². The van der Waals surface area contributed by atoms with Gasteiger partial charge in [0.05, 0.1) is 19.0 Å². The fourth-order valence-corrected chi connectivity index (χ4v) is 11.9. The first kappa shape index (κ1) is 34.8. The molecular formula is C24H48N4O8SSi. The van der Waals surface area contributed by atoms with Gasteiger partial charge in [0.2, 0.25) is 14.2 Å². The number of rotatable bonds is 15. The number of aliphatic hydroxyl groups is 1. The highest BCUT2D eigenvalue weighted by molar-refractivity contribution is 7.86. The van der Waals surface area contributed by atoms with E-state index in [1.165, 1.54) is 0 Å². The van der Waals surface area contributed by atoms with Crippen molar-refractivity contribution in [1.82, 2.24) is 4.90 Å². The zero-order chi connectivity index (χ0) is 29.6. The topological polar surface area (TPSA) is 160 Å². The van der Waals surface area contributed by atoms with E-state index in [2.05, 4.69) is 51.6 Å². The Labute approximate surface area is 229 Å². The number of carbonyl (C=O) groups is 1. The maximum Gasteiger partial charge on any atom is 0.264 e. The summed E-state index contributed by atoms with van der Waals surface area (Å²) >= 11 is 0. The van der Waals surface area contributed by atoms with Crippen molar-refractivity contribution in [2.45, 2.75) is 122 Å². The molecule has 1 fully saturated rings. The van der Waals surface area contributed by atoms with Crippen molar-refractivity contribution in [3.8, 4) is 0 Å². The van der Waals surface area contributed by atoms with Crippen molar-refractivity contribution in [3.63, 3.8) is 0 Å². The van der Waals surface area contributed by atoms with Crippen molar-refractivity contribution in [2.75, 3.05) is 26.0 Å². The molecule has 1 aliphatic rings. The predicted molar refractivity (Wildman–Crippen MR) is 147 cm³/mol. The van der Waals surface area contributed by atoms with E-state index in [-0.39, 0.29) is 16.6 Å². The SMILES string of the molecule is CCN(CC)C(=O)[C@H](N=[N+]=[N-])[C@H](O[Si](C(C)C)(C(C)C)C(C)C)[C@@H]1OC(C)(C)O[C@@H]1[C@@H](CO)OS(C)(=O)=O. The lowest BCUT2D eigenvalue weighted by Gasteiger charge is -2.47. The van der Waals surface area contributed by atoms with Crippen LogP contribution in [0.5, 0.6) is 0 Å². The Balaban J connectivity index is 3.92. The summed E-state index contributed by atoms with van der Waals surface area (Å²) < 4.78 is 48.6. The van der Waals surface area contributed by atoms with E-state index in [0.29, 0.717) is 13.1 Å². The highest BCUT2D eigenvalue weighted by Gasteiger charge is 2.57. The molecule has 1 rings (SSSR count). The molecule has 38 heavy (non-hydrogen) atoms. The molecule has 1 N–H and O–H groups in total. The number of carbonyl (C=O) groups excluding carboxylic acids is 1. The van der Waals surface area contributed by atoms with Crippen molar-refractivity contribution in [2.24, 2.45) is 5.11 Å². The van der Waals surface area contributed by atoms with Crippen LogP contribution in [0, 0.1) is 0 Å². The van der Waals surface area contributed by atoms with Crippen LogP contribution in [0.2, 0.25) is 16.6 Å². The van der Waals surface area contributed by atoms with Gasteiger partial charge < -0.3 is 23.9 Å². The maximum atomic E-state index is 13.7. The average Bonchev–Trinajstić information content (AvgIpc) is 3.11. The van der Waals surface area contributed by atoms with Crippen molar-refractivity contribution >= 4 is 24.3 Å². The second kappa shape index (κ2) is 13.9. The van der Waals surface area contributed by atoms with Gasteiger partial charge in [-0.1, -0.05) is 46.7 Å². The van der Waals surface area contributed by atoms with Crippen LogP contribution in [-0.2, 0) is 33.0 Å². The largest absolute Gasteiger partial charge is 0.409 e. The molecule has 0 bridgehead atoms. The highest BCUT2D eigenvalue weighted by atomic mass is 32.2. The van der Waals surface area contributed by atoms with E-state index >= 15 is 0 Å². The second-order valence-corrected chi connectivity index (χ2v) is 18.2. The van der Waals surface area contributed by atoms with Gasteiger partial charge in [-0.25, -0.2) is 0 Å². The number of likely N-dealkylation sites (N-methyl/N-ethyl adjacent to an activating group) is 1. The van der Waals surface area contributed by atoms with Crippen LogP contribution in [0.15, 0.2) is 5.11 Å². The number of amides is 1. The molecular weight excluding hydrogens is 532 g/mol. The molecule has 0 radical (unpaired) electrons. The quantitative estimate of drug-likeness (QED) is 0.100.